The minimum Gasteiger partial charge on any atom is -0.379 e. The number of hydrogen-bond donors (Lipinski definition) is 1. The third kappa shape index (κ3) is 5.03. The number of rotatable bonds is 6. The molecule has 2 heterocycles. The standard InChI is InChI=1S/C20H26N4O2/c1-23(2)18-7-9-21-19(15-18)20(25)22-17-5-3-16(4-6-17)8-10-24-11-13-26-14-12-24/h3-7,9,15H,8,10-14H2,1-2H3,(H,22,25). The zero-order valence-electron chi connectivity index (χ0n) is 15.4. The first-order chi connectivity index (χ1) is 12.6. The van der Waals surface area contributed by atoms with E-state index in [-0.39, 0.29) is 5.91 Å². The maximum atomic E-state index is 12.4. The van der Waals surface area contributed by atoms with E-state index in [0.717, 1.165) is 50.6 Å². The summed E-state index contributed by atoms with van der Waals surface area (Å²) in [5.41, 5.74) is 3.40. The van der Waals surface area contributed by atoms with E-state index in [1.54, 1.807) is 12.3 Å². The van der Waals surface area contributed by atoms with Gasteiger partial charge in [0.2, 0.25) is 0 Å². The van der Waals surface area contributed by atoms with Crippen molar-refractivity contribution >= 4 is 17.3 Å². The first kappa shape index (κ1) is 18.4. The first-order valence-electron chi connectivity index (χ1n) is 8.95. The maximum Gasteiger partial charge on any atom is 0.274 e. The summed E-state index contributed by atoms with van der Waals surface area (Å²) in [7, 11) is 3.87. The summed E-state index contributed by atoms with van der Waals surface area (Å²) in [6, 6.07) is 11.7. The Bertz CT molecular complexity index is 725. The third-order valence-corrected chi connectivity index (χ3v) is 4.52. The summed E-state index contributed by atoms with van der Waals surface area (Å²) < 4.78 is 5.37. The maximum absolute atomic E-state index is 12.4. The summed E-state index contributed by atoms with van der Waals surface area (Å²) in [5.74, 6) is -0.199. The highest BCUT2D eigenvalue weighted by Crippen LogP contribution is 2.15. The van der Waals surface area contributed by atoms with E-state index in [0.29, 0.717) is 5.69 Å². The van der Waals surface area contributed by atoms with Crippen molar-refractivity contribution in [2.75, 3.05) is 57.2 Å². The Morgan fingerprint density at radius 3 is 2.62 bits per heavy atom. The molecule has 1 fully saturated rings. The normalized spacial score (nSPS) is 14.8. The van der Waals surface area contributed by atoms with Gasteiger partial charge in [0.25, 0.3) is 5.91 Å². The number of aromatic nitrogens is 1. The van der Waals surface area contributed by atoms with Gasteiger partial charge in [0.05, 0.1) is 13.2 Å². The van der Waals surface area contributed by atoms with Crippen LogP contribution in [0.5, 0.6) is 0 Å². The number of nitrogens with zero attached hydrogens (tertiary/aromatic N) is 3. The molecule has 1 N–H and O–H groups in total. The molecule has 6 nitrogen and oxygen atoms in total. The second-order valence-corrected chi connectivity index (χ2v) is 6.65. The zero-order valence-corrected chi connectivity index (χ0v) is 15.4. The van der Waals surface area contributed by atoms with Gasteiger partial charge >= 0.3 is 0 Å². The minimum absolute atomic E-state index is 0.199. The van der Waals surface area contributed by atoms with Crippen molar-refractivity contribution in [3.63, 3.8) is 0 Å². The monoisotopic (exact) mass is 354 g/mol. The second kappa shape index (κ2) is 8.78. The van der Waals surface area contributed by atoms with Crippen molar-refractivity contribution in [1.29, 1.82) is 0 Å². The number of amides is 1. The van der Waals surface area contributed by atoms with Crippen molar-refractivity contribution in [3.8, 4) is 0 Å². The molecule has 0 atom stereocenters. The average Bonchev–Trinajstić information content (AvgIpc) is 2.68. The largest absolute Gasteiger partial charge is 0.379 e. The van der Waals surface area contributed by atoms with Crippen molar-refractivity contribution in [2.45, 2.75) is 6.42 Å². The van der Waals surface area contributed by atoms with Gasteiger partial charge < -0.3 is 15.0 Å². The number of morpholine rings is 1. The summed E-state index contributed by atoms with van der Waals surface area (Å²) in [6.07, 6.45) is 2.65. The Morgan fingerprint density at radius 2 is 1.92 bits per heavy atom. The molecule has 6 heteroatoms. The predicted molar refractivity (Wildman–Crippen MR) is 104 cm³/mol. The van der Waals surface area contributed by atoms with Crippen LogP contribution >= 0.6 is 0 Å². The Labute approximate surface area is 154 Å². The van der Waals surface area contributed by atoms with E-state index in [1.807, 2.05) is 37.2 Å². The van der Waals surface area contributed by atoms with Crippen molar-refractivity contribution in [3.05, 3.63) is 53.9 Å². The van der Waals surface area contributed by atoms with E-state index >= 15 is 0 Å². The van der Waals surface area contributed by atoms with Gasteiger partial charge in [0.1, 0.15) is 5.69 Å². The van der Waals surface area contributed by atoms with Crippen LogP contribution in [0.3, 0.4) is 0 Å². The number of benzene rings is 1. The molecule has 1 aromatic heterocycles. The van der Waals surface area contributed by atoms with E-state index < -0.39 is 0 Å². The lowest BCUT2D eigenvalue weighted by Crippen LogP contribution is -2.37. The van der Waals surface area contributed by atoms with Crippen LogP contribution in [0.4, 0.5) is 11.4 Å². The van der Waals surface area contributed by atoms with Crippen molar-refractivity contribution in [1.82, 2.24) is 9.88 Å². The van der Waals surface area contributed by atoms with Crippen LogP contribution in [0, 0.1) is 0 Å². The number of carbonyl (C=O) groups excluding carboxylic acids is 1. The minimum atomic E-state index is -0.199. The summed E-state index contributed by atoms with van der Waals surface area (Å²) in [4.78, 5) is 20.9. The molecule has 0 bridgehead atoms. The molecule has 0 radical (unpaired) electrons. The molecular weight excluding hydrogens is 328 g/mol. The van der Waals surface area contributed by atoms with Gasteiger partial charge in [-0.15, -0.1) is 0 Å². The molecule has 1 amide bonds. The van der Waals surface area contributed by atoms with Crippen LogP contribution < -0.4 is 10.2 Å². The van der Waals surface area contributed by atoms with Gasteiger partial charge in [-0.05, 0) is 36.2 Å². The van der Waals surface area contributed by atoms with Gasteiger partial charge in [0.15, 0.2) is 0 Å². The van der Waals surface area contributed by atoms with E-state index in [1.165, 1.54) is 5.56 Å². The molecule has 3 rings (SSSR count). The van der Waals surface area contributed by atoms with Gasteiger partial charge in [0, 0.05) is 51.3 Å². The van der Waals surface area contributed by atoms with Gasteiger partial charge in [-0.3, -0.25) is 14.7 Å². The fourth-order valence-corrected chi connectivity index (χ4v) is 2.88. The quantitative estimate of drug-likeness (QED) is 0.862. The van der Waals surface area contributed by atoms with Gasteiger partial charge in [-0.1, -0.05) is 12.1 Å². The molecule has 0 unspecified atom stereocenters. The number of hydrogen-bond acceptors (Lipinski definition) is 5. The Morgan fingerprint density at radius 1 is 1.19 bits per heavy atom. The fourth-order valence-electron chi connectivity index (χ4n) is 2.88. The molecule has 0 saturated carbocycles. The van der Waals surface area contributed by atoms with Crippen molar-refractivity contribution in [2.24, 2.45) is 0 Å². The van der Waals surface area contributed by atoms with Crippen molar-refractivity contribution < 1.29 is 9.53 Å². The van der Waals surface area contributed by atoms with E-state index in [9.17, 15) is 4.79 Å². The SMILES string of the molecule is CN(C)c1ccnc(C(=O)Nc2ccc(CCN3CCOCC3)cc2)c1. The lowest BCUT2D eigenvalue weighted by Gasteiger charge is -2.26. The number of nitrogens with one attached hydrogen (secondary N) is 1. The fraction of sp³-hybridized carbons (Fsp3) is 0.400. The number of ether oxygens (including phenoxy) is 1. The first-order valence-corrected chi connectivity index (χ1v) is 8.95. The molecular formula is C20H26N4O2. The third-order valence-electron chi connectivity index (χ3n) is 4.52. The molecule has 0 aliphatic carbocycles. The highest BCUT2D eigenvalue weighted by atomic mass is 16.5. The lowest BCUT2D eigenvalue weighted by atomic mass is 10.1. The topological polar surface area (TPSA) is 57.7 Å². The van der Waals surface area contributed by atoms with Crippen LogP contribution in [-0.2, 0) is 11.2 Å². The van der Waals surface area contributed by atoms with Crippen LogP contribution in [0.1, 0.15) is 16.1 Å². The molecule has 1 aromatic carbocycles. The molecule has 1 saturated heterocycles. The van der Waals surface area contributed by atoms with Gasteiger partial charge in [-0.2, -0.15) is 0 Å². The van der Waals surface area contributed by atoms with Crippen LogP contribution in [0.2, 0.25) is 0 Å². The zero-order chi connectivity index (χ0) is 18.4. The van der Waals surface area contributed by atoms with Crippen LogP contribution in [0.25, 0.3) is 0 Å². The average molecular weight is 354 g/mol. The second-order valence-electron chi connectivity index (χ2n) is 6.65. The molecule has 26 heavy (non-hydrogen) atoms. The lowest BCUT2D eigenvalue weighted by molar-refractivity contribution is 0.0384. The Hall–Kier alpha value is -2.44. The Kier molecular flexibility index (Phi) is 6.20. The highest BCUT2D eigenvalue weighted by molar-refractivity contribution is 6.03. The van der Waals surface area contributed by atoms with Gasteiger partial charge in [-0.25, -0.2) is 0 Å². The Balaban J connectivity index is 1.55. The molecule has 0 spiro atoms. The number of carbonyl (C=O) groups is 1. The smallest absolute Gasteiger partial charge is 0.274 e. The molecule has 1 aliphatic heterocycles. The number of pyridine rings is 1. The van der Waals surface area contributed by atoms with E-state index in [4.69, 9.17) is 4.74 Å². The number of anilines is 2. The molecule has 138 valence electrons. The summed E-state index contributed by atoms with van der Waals surface area (Å²) >= 11 is 0. The molecule has 1 aliphatic rings. The summed E-state index contributed by atoms with van der Waals surface area (Å²) in [6.45, 7) is 4.71. The summed E-state index contributed by atoms with van der Waals surface area (Å²) in [5, 5.41) is 2.91. The van der Waals surface area contributed by atoms with Crippen LogP contribution in [0.15, 0.2) is 42.6 Å². The van der Waals surface area contributed by atoms with Crippen LogP contribution in [-0.4, -0.2) is 62.7 Å². The predicted octanol–water partition coefficient (Wildman–Crippen LogP) is 2.27. The highest BCUT2D eigenvalue weighted by Gasteiger charge is 2.11. The van der Waals surface area contributed by atoms with E-state index in [2.05, 4.69) is 27.3 Å². The molecule has 2 aromatic rings.